The van der Waals surface area contributed by atoms with Crippen LogP contribution in [0, 0.1) is 5.92 Å². The van der Waals surface area contributed by atoms with E-state index in [9.17, 15) is 4.79 Å². The molecular weight excluding hydrogens is 244 g/mol. The van der Waals surface area contributed by atoms with Gasteiger partial charge < -0.3 is 21.9 Å². The molecule has 0 aliphatic carbocycles. The van der Waals surface area contributed by atoms with Crippen LogP contribution in [0.5, 0.6) is 0 Å². The molecule has 17 heavy (non-hydrogen) atoms. The average Bonchev–Trinajstić information content (AvgIpc) is 2.20. The summed E-state index contributed by atoms with van der Waals surface area (Å²) in [4.78, 5) is 15.1. The molecule has 7 heteroatoms. The maximum Gasteiger partial charge on any atom is 0.322 e. The molecule has 0 amide bonds. The highest BCUT2D eigenvalue weighted by Gasteiger charge is 2.14. The number of nitrogens with zero attached hydrogens (tertiary/aromatic N) is 1. The molecule has 1 atom stereocenters. The van der Waals surface area contributed by atoms with Gasteiger partial charge in [0.2, 0.25) is 0 Å². The van der Waals surface area contributed by atoms with Crippen molar-refractivity contribution in [1.82, 2.24) is 0 Å². The van der Waals surface area contributed by atoms with Gasteiger partial charge in [-0.1, -0.05) is 13.8 Å². The van der Waals surface area contributed by atoms with Gasteiger partial charge in [-0.2, -0.15) is 0 Å². The minimum Gasteiger partial charge on any atom is -0.464 e. The highest BCUT2D eigenvalue weighted by atomic mass is 35.5. The van der Waals surface area contributed by atoms with Gasteiger partial charge in [0, 0.05) is 6.54 Å². The molecule has 0 saturated carbocycles. The molecule has 0 rings (SSSR count). The Morgan fingerprint density at radius 2 is 1.94 bits per heavy atom. The zero-order valence-electron chi connectivity index (χ0n) is 10.4. The summed E-state index contributed by atoms with van der Waals surface area (Å²) in [6, 6.07) is -0.590. The summed E-state index contributed by atoms with van der Waals surface area (Å²) in [7, 11) is 0. The molecule has 6 N–H and O–H groups in total. The SMILES string of the molecule is CC(C)COC(=O)[C@@H](N)CCCN=C(N)N.Cl. The smallest absolute Gasteiger partial charge is 0.322 e. The maximum atomic E-state index is 11.3. The molecule has 0 unspecified atom stereocenters. The van der Waals surface area contributed by atoms with Crippen LogP contribution in [0.25, 0.3) is 0 Å². The molecule has 102 valence electrons. The summed E-state index contributed by atoms with van der Waals surface area (Å²) in [6.07, 6.45) is 1.18. The standard InChI is InChI=1S/C10H22N4O2.ClH/c1-7(2)6-16-9(15)8(11)4-3-5-14-10(12)13;/h7-8H,3-6,11H2,1-2H3,(H4,12,13,14);1H/t8-;/m0./s1. The second-order valence-electron chi connectivity index (χ2n) is 4.08. The van der Waals surface area contributed by atoms with E-state index in [2.05, 4.69) is 4.99 Å². The Balaban J connectivity index is 0. The fraction of sp³-hybridized carbons (Fsp3) is 0.800. The number of nitrogens with two attached hydrogens (primary N) is 3. The van der Waals surface area contributed by atoms with E-state index in [1.807, 2.05) is 13.8 Å². The zero-order valence-corrected chi connectivity index (χ0v) is 11.2. The Kier molecular flexibility index (Phi) is 11.0. The van der Waals surface area contributed by atoms with E-state index in [1.54, 1.807) is 0 Å². The average molecular weight is 267 g/mol. The Hall–Kier alpha value is -1.01. The molecule has 0 aromatic heterocycles. The van der Waals surface area contributed by atoms with E-state index in [-0.39, 0.29) is 24.3 Å². The summed E-state index contributed by atoms with van der Waals surface area (Å²) in [5, 5.41) is 0. The minimum atomic E-state index is -0.590. The van der Waals surface area contributed by atoms with E-state index in [1.165, 1.54) is 0 Å². The zero-order chi connectivity index (χ0) is 12.6. The van der Waals surface area contributed by atoms with Crippen molar-refractivity contribution in [3.05, 3.63) is 0 Å². The first-order chi connectivity index (χ1) is 7.43. The normalized spacial score (nSPS) is 11.5. The Morgan fingerprint density at radius 3 is 2.41 bits per heavy atom. The van der Waals surface area contributed by atoms with Gasteiger partial charge in [0.05, 0.1) is 6.61 Å². The van der Waals surface area contributed by atoms with Crippen molar-refractivity contribution < 1.29 is 9.53 Å². The van der Waals surface area contributed by atoms with Gasteiger partial charge in [-0.25, -0.2) is 0 Å². The molecule has 0 aliphatic heterocycles. The summed E-state index contributed by atoms with van der Waals surface area (Å²) in [5.41, 5.74) is 15.9. The lowest BCUT2D eigenvalue weighted by atomic mass is 10.1. The van der Waals surface area contributed by atoms with Gasteiger partial charge in [0.1, 0.15) is 6.04 Å². The molecule has 0 aromatic carbocycles. The molecule has 0 spiro atoms. The molecule has 0 aromatic rings. The van der Waals surface area contributed by atoms with Gasteiger partial charge in [-0.05, 0) is 18.8 Å². The predicted molar refractivity (Wildman–Crippen MR) is 70.9 cm³/mol. The highest BCUT2D eigenvalue weighted by Crippen LogP contribution is 2.00. The summed E-state index contributed by atoms with van der Waals surface area (Å²) >= 11 is 0. The third-order valence-corrected chi connectivity index (χ3v) is 1.83. The van der Waals surface area contributed by atoms with Crippen LogP contribution < -0.4 is 17.2 Å². The van der Waals surface area contributed by atoms with Crippen molar-refractivity contribution in [2.24, 2.45) is 28.1 Å². The number of rotatable bonds is 7. The van der Waals surface area contributed by atoms with Crippen molar-refractivity contribution in [1.29, 1.82) is 0 Å². The molecular formula is C10H23ClN4O2. The lowest BCUT2D eigenvalue weighted by Gasteiger charge is -2.12. The second-order valence-corrected chi connectivity index (χ2v) is 4.08. The van der Waals surface area contributed by atoms with Crippen LogP contribution in [0.4, 0.5) is 0 Å². The van der Waals surface area contributed by atoms with Crippen LogP contribution in [-0.2, 0) is 9.53 Å². The van der Waals surface area contributed by atoms with E-state index in [0.29, 0.717) is 31.9 Å². The van der Waals surface area contributed by atoms with E-state index < -0.39 is 6.04 Å². The van der Waals surface area contributed by atoms with E-state index >= 15 is 0 Å². The second kappa shape index (κ2) is 10.2. The van der Waals surface area contributed by atoms with Gasteiger partial charge in [0.15, 0.2) is 5.96 Å². The van der Waals surface area contributed by atoms with Crippen LogP contribution in [0.2, 0.25) is 0 Å². The molecule has 0 aliphatic rings. The number of carbonyl (C=O) groups is 1. The predicted octanol–water partition coefficient (Wildman–Crippen LogP) is -0.0117. The summed E-state index contributed by atoms with van der Waals surface area (Å²) in [5.74, 6) is 0.00662. The quantitative estimate of drug-likeness (QED) is 0.259. The topological polar surface area (TPSA) is 117 Å². The van der Waals surface area contributed by atoms with Crippen LogP contribution in [-0.4, -0.2) is 31.1 Å². The third-order valence-electron chi connectivity index (χ3n) is 1.83. The number of hydrogen-bond acceptors (Lipinski definition) is 4. The first-order valence-corrected chi connectivity index (χ1v) is 5.41. The molecule has 0 heterocycles. The van der Waals surface area contributed by atoms with Crippen molar-refractivity contribution in [3.8, 4) is 0 Å². The lowest BCUT2D eigenvalue weighted by Crippen LogP contribution is -2.33. The van der Waals surface area contributed by atoms with Crippen molar-refractivity contribution >= 4 is 24.3 Å². The number of aliphatic imine (C=N–C) groups is 1. The van der Waals surface area contributed by atoms with Gasteiger partial charge in [-0.3, -0.25) is 9.79 Å². The van der Waals surface area contributed by atoms with E-state index in [0.717, 1.165) is 0 Å². The molecule has 6 nitrogen and oxygen atoms in total. The third kappa shape index (κ3) is 11.3. The molecule has 0 bridgehead atoms. The van der Waals surface area contributed by atoms with Gasteiger partial charge in [-0.15, -0.1) is 12.4 Å². The fourth-order valence-corrected chi connectivity index (χ4v) is 0.993. The Bertz CT molecular complexity index is 242. The van der Waals surface area contributed by atoms with E-state index in [4.69, 9.17) is 21.9 Å². The van der Waals surface area contributed by atoms with Gasteiger partial charge >= 0.3 is 5.97 Å². The number of ether oxygens (including phenoxy) is 1. The van der Waals surface area contributed by atoms with Gasteiger partial charge in [0.25, 0.3) is 0 Å². The minimum absolute atomic E-state index is 0. The van der Waals surface area contributed by atoms with Crippen molar-refractivity contribution in [2.75, 3.05) is 13.2 Å². The molecule has 0 radical (unpaired) electrons. The summed E-state index contributed by atoms with van der Waals surface area (Å²) < 4.78 is 4.99. The molecule has 0 saturated heterocycles. The highest BCUT2D eigenvalue weighted by molar-refractivity contribution is 5.85. The number of hydrogen-bond donors (Lipinski definition) is 3. The van der Waals surface area contributed by atoms with Crippen molar-refractivity contribution in [2.45, 2.75) is 32.7 Å². The largest absolute Gasteiger partial charge is 0.464 e. The molecule has 0 fully saturated rings. The fourth-order valence-electron chi connectivity index (χ4n) is 0.993. The van der Waals surface area contributed by atoms with Crippen molar-refractivity contribution in [3.63, 3.8) is 0 Å². The van der Waals surface area contributed by atoms with Crippen LogP contribution in [0.3, 0.4) is 0 Å². The first-order valence-electron chi connectivity index (χ1n) is 5.41. The Labute approximate surface area is 108 Å². The first kappa shape index (κ1) is 18.4. The Morgan fingerprint density at radius 1 is 1.35 bits per heavy atom. The number of guanidine groups is 1. The maximum absolute atomic E-state index is 11.3. The number of esters is 1. The number of carbonyl (C=O) groups excluding carboxylic acids is 1. The monoisotopic (exact) mass is 266 g/mol. The van der Waals surface area contributed by atoms with Crippen LogP contribution >= 0.6 is 12.4 Å². The summed E-state index contributed by atoms with van der Waals surface area (Å²) in [6.45, 7) is 4.82. The number of halogens is 1. The lowest BCUT2D eigenvalue weighted by molar-refractivity contribution is -0.146. The van der Waals surface area contributed by atoms with Crippen LogP contribution in [0.1, 0.15) is 26.7 Å². The van der Waals surface area contributed by atoms with Crippen LogP contribution in [0.15, 0.2) is 4.99 Å².